The predicted molar refractivity (Wildman–Crippen MR) is 165 cm³/mol. The lowest BCUT2D eigenvalue weighted by molar-refractivity contribution is 0.0234. The standard InChI is InChI=1S/C33H36FN7O3/c1-2-26-27(34)6-3-21-13-25(42)14-22(28(21)26)15-41-20-35-29-30(41)37-32(40-16-23-4-5-24(17-40)36-23)38-31(29)44-19-33(7-8-33)18-39-9-11-43-12-10-39/h1,3,6,13-14,20,23-24,36,42H,4-5,7-12,15-19H2/t23-,24+. The van der Waals surface area contributed by atoms with Crippen LogP contribution in [0, 0.1) is 23.6 Å². The van der Waals surface area contributed by atoms with Crippen LogP contribution in [-0.2, 0) is 11.3 Å². The Labute approximate surface area is 255 Å². The van der Waals surface area contributed by atoms with E-state index in [2.05, 4.69) is 21.0 Å². The van der Waals surface area contributed by atoms with Gasteiger partial charge in [0.1, 0.15) is 11.6 Å². The molecule has 0 spiro atoms. The molecule has 44 heavy (non-hydrogen) atoms. The highest BCUT2D eigenvalue weighted by molar-refractivity contribution is 5.92. The van der Waals surface area contributed by atoms with Crippen LogP contribution in [-0.4, -0.2) is 94.2 Å². The second-order valence-corrected chi connectivity index (χ2v) is 12.9. The number of imidazole rings is 1. The van der Waals surface area contributed by atoms with E-state index in [9.17, 15) is 9.50 Å². The number of phenolic OH excluding ortho intramolecular Hbond substituents is 1. The number of phenols is 1. The molecule has 2 N–H and O–H groups in total. The summed E-state index contributed by atoms with van der Waals surface area (Å²) < 4.78 is 28.8. The molecule has 2 bridgehead atoms. The van der Waals surface area contributed by atoms with Crippen molar-refractivity contribution in [1.29, 1.82) is 0 Å². The van der Waals surface area contributed by atoms with Crippen molar-refractivity contribution in [3.8, 4) is 24.0 Å². The molecule has 0 radical (unpaired) electrons. The zero-order valence-corrected chi connectivity index (χ0v) is 24.6. The second kappa shape index (κ2) is 10.9. The lowest BCUT2D eigenvalue weighted by Gasteiger charge is -2.33. The fourth-order valence-corrected chi connectivity index (χ4v) is 7.17. The number of nitrogens with zero attached hydrogens (tertiary/aromatic N) is 6. The van der Waals surface area contributed by atoms with Crippen molar-refractivity contribution < 1.29 is 19.0 Å². The molecule has 3 saturated heterocycles. The number of rotatable bonds is 8. The van der Waals surface area contributed by atoms with Crippen LogP contribution in [0.15, 0.2) is 30.6 Å². The molecule has 2 aromatic heterocycles. The Kier molecular flexibility index (Phi) is 6.81. The van der Waals surface area contributed by atoms with E-state index in [-0.39, 0.29) is 23.3 Å². The quantitative estimate of drug-likeness (QED) is 0.297. The molecule has 0 amide bonds. The number of ether oxygens (including phenoxy) is 2. The van der Waals surface area contributed by atoms with E-state index in [1.54, 1.807) is 24.5 Å². The van der Waals surface area contributed by atoms with Gasteiger partial charge < -0.3 is 29.4 Å². The maximum absolute atomic E-state index is 14.8. The Morgan fingerprint density at radius 1 is 1.14 bits per heavy atom. The zero-order chi connectivity index (χ0) is 29.8. The average molecular weight is 598 g/mol. The monoisotopic (exact) mass is 597 g/mol. The number of nitrogens with one attached hydrogen (secondary N) is 1. The van der Waals surface area contributed by atoms with Crippen LogP contribution in [0.3, 0.4) is 0 Å². The highest BCUT2D eigenvalue weighted by atomic mass is 19.1. The van der Waals surface area contributed by atoms with Crippen molar-refractivity contribution in [3.05, 3.63) is 47.5 Å². The molecule has 2 aromatic carbocycles. The lowest BCUT2D eigenvalue weighted by atomic mass is 9.98. The Morgan fingerprint density at radius 3 is 2.68 bits per heavy atom. The number of benzene rings is 2. The van der Waals surface area contributed by atoms with Crippen molar-refractivity contribution in [2.75, 3.05) is 57.4 Å². The van der Waals surface area contributed by atoms with Crippen LogP contribution < -0.4 is 15.0 Å². The van der Waals surface area contributed by atoms with Crippen LogP contribution in [0.5, 0.6) is 11.6 Å². The first kappa shape index (κ1) is 27.6. The minimum atomic E-state index is -0.470. The van der Waals surface area contributed by atoms with Crippen LogP contribution in [0.2, 0.25) is 0 Å². The molecule has 1 aliphatic carbocycles. The maximum atomic E-state index is 14.8. The number of morpholine rings is 1. The van der Waals surface area contributed by atoms with Gasteiger partial charge in [0.15, 0.2) is 11.2 Å². The summed E-state index contributed by atoms with van der Waals surface area (Å²) in [6, 6.07) is 7.03. The van der Waals surface area contributed by atoms with Crippen molar-refractivity contribution in [2.24, 2.45) is 5.41 Å². The first-order valence-corrected chi connectivity index (χ1v) is 15.5. The predicted octanol–water partition coefficient (Wildman–Crippen LogP) is 3.29. The highest BCUT2D eigenvalue weighted by Crippen LogP contribution is 2.47. The fraction of sp³-hybridized carbons (Fsp3) is 0.485. The van der Waals surface area contributed by atoms with Crippen LogP contribution >= 0.6 is 0 Å². The molecule has 4 aromatic rings. The molecule has 3 aliphatic heterocycles. The summed E-state index contributed by atoms with van der Waals surface area (Å²) in [5, 5.41) is 15.5. The van der Waals surface area contributed by atoms with E-state index in [1.807, 2.05) is 4.57 Å². The lowest BCUT2D eigenvalue weighted by Crippen LogP contribution is -2.51. The van der Waals surface area contributed by atoms with Crippen LogP contribution in [0.1, 0.15) is 36.8 Å². The summed E-state index contributed by atoms with van der Waals surface area (Å²) in [5.74, 6) is 3.23. The summed E-state index contributed by atoms with van der Waals surface area (Å²) in [5.41, 5.74) is 2.18. The molecular formula is C33H36FN7O3. The number of aromatic nitrogens is 4. The van der Waals surface area contributed by atoms with Gasteiger partial charge in [-0.05, 0) is 54.8 Å². The van der Waals surface area contributed by atoms with Crippen molar-refractivity contribution in [1.82, 2.24) is 29.7 Å². The first-order valence-electron chi connectivity index (χ1n) is 15.5. The summed E-state index contributed by atoms with van der Waals surface area (Å²) in [6.45, 7) is 6.97. The Hall–Kier alpha value is -3.98. The van der Waals surface area contributed by atoms with E-state index in [1.165, 1.54) is 6.07 Å². The number of fused-ring (bicyclic) bond motifs is 4. The minimum Gasteiger partial charge on any atom is -0.508 e. The Morgan fingerprint density at radius 2 is 1.93 bits per heavy atom. The van der Waals surface area contributed by atoms with Gasteiger partial charge in [0, 0.05) is 55.6 Å². The molecule has 8 rings (SSSR count). The van der Waals surface area contributed by atoms with Gasteiger partial charge in [-0.3, -0.25) is 4.90 Å². The zero-order valence-electron chi connectivity index (χ0n) is 24.6. The van der Waals surface area contributed by atoms with E-state index in [4.69, 9.17) is 30.8 Å². The highest BCUT2D eigenvalue weighted by Gasteiger charge is 2.45. The SMILES string of the molecule is C#Cc1c(F)ccc2cc(O)cc(Cn3cnc4c(OCC5(CN6CCOCC6)CC5)nc(N5C[C@H]6CC[C@@H](C5)N6)nc43)c12. The maximum Gasteiger partial charge on any atom is 0.247 e. The second-order valence-electron chi connectivity index (χ2n) is 12.9. The molecule has 10 nitrogen and oxygen atoms in total. The molecule has 4 fully saturated rings. The molecular weight excluding hydrogens is 561 g/mol. The Balaban J connectivity index is 1.16. The number of piperazine rings is 1. The van der Waals surface area contributed by atoms with Gasteiger partial charge >= 0.3 is 0 Å². The summed E-state index contributed by atoms with van der Waals surface area (Å²) >= 11 is 0. The number of hydrogen-bond acceptors (Lipinski definition) is 9. The normalized spacial score (nSPS) is 22.9. The molecule has 5 heterocycles. The van der Waals surface area contributed by atoms with E-state index in [0.29, 0.717) is 58.0 Å². The summed E-state index contributed by atoms with van der Waals surface area (Å²) in [4.78, 5) is 19.4. The van der Waals surface area contributed by atoms with Gasteiger partial charge in [0.2, 0.25) is 11.8 Å². The van der Waals surface area contributed by atoms with Crippen LogP contribution in [0.4, 0.5) is 10.3 Å². The number of terminal acetylenes is 1. The van der Waals surface area contributed by atoms with E-state index in [0.717, 1.165) is 71.6 Å². The fourth-order valence-electron chi connectivity index (χ4n) is 7.17. The number of anilines is 1. The molecule has 2 atom stereocenters. The molecule has 4 aliphatic rings. The Bertz CT molecular complexity index is 1760. The molecule has 228 valence electrons. The third-order valence-corrected chi connectivity index (χ3v) is 9.67. The van der Waals surface area contributed by atoms with Crippen molar-refractivity contribution in [3.63, 3.8) is 0 Å². The average Bonchev–Trinajstić information content (AvgIpc) is 3.54. The third-order valence-electron chi connectivity index (χ3n) is 9.67. The van der Waals surface area contributed by atoms with Gasteiger partial charge in [0.25, 0.3) is 0 Å². The molecule has 0 unspecified atom stereocenters. The van der Waals surface area contributed by atoms with Crippen LogP contribution in [0.25, 0.3) is 21.9 Å². The van der Waals surface area contributed by atoms with Gasteiger partial charge in [-0.25, -0.2) is 9.37 Å². The van der Waals surface area contributed by atoms with Gasteiger partial charge in [-0.2, -0.15) is 9.97 Å². The largest absolute Gasteiger partial charge is 0.508 e. The third kappa shape index (κ3) is 5.11. The van der Waals surface area contributed by atoms with Gasteiger partial charge in [-0.15, -0.1) is 6.42 Å². The smallest absolute Gasteiger partial charge is 0.247 e. The van der Waals surface area contributed by atoms with Crippen molar-refractivity contribution in [2.45, 2.75) is 44.3 Å². The van der Waals surface area contributed by atoms with E-state index < -0.39 is 5.82 Å². The van der Waals surface area contributed by atoms with Gasteiger partial charge in [-0.1, -0.05) is 12.0 Å². The number of hydrogen-bond donors (Lipinski definition) is 2. The topological polar surface area (TPSA) is 101 Å². The summed E-state index contributed by atoms with van der Waals surface area (Å²) in [7, 11) is 0. The molecule has 11 heteroatoms. The first-order chi connectivity index (χ1) is 21.5. The number of halogens is 1. The van der Waals surface area contributed by atoms with Crippen molar-refractivity contribution >= 4 is 27.9 Å². The minimum absolute atomic E-state index is 0.0807. The summed E-state index contributed by atoms with van der Waals surface area (Å²) in [6.07, 6.45) is 12.0. The number of aromatic hydroxyl groups is 1. The van der Waals surface area contributed by atoms with E-state index >= 15 is 0 Å². The molecule has 1 saturated carbocycles. The van der Waals surface area contributed by atoms with Gasteiger partial charge in [0.05, 0.1) is 38.3 Å².